The molecule has 0 fully saturated rings. The van der Waals surface area contributed by atoms with Gasteiger partial charge in [0.1, 0.15) is 5.82 Å². The topological polar surface area (TPSA) is 29.1 Å². The third-order valence-corrected chi connectivity index (χ3v) is 3.02. The summed E-state index contributed by atoms with van der Waals surface area (Å²) in [6.45, 7) is 0.220. The Morgan fingerprint density at radius 1 is 1.16 bits per heavy atom. The number of nitrogens with one attached hydrogen (secondary N) is 1. The van der Waals surface area contributed by atoms with Crippen LogP contribution in [0.4, 0.5) is 10.1 Å². The van der Waals surface area contributed by atoms with Crippen molar-refractivity contribution in [2.75, 3.05) is 11.9 Å². The smallest absolute Gasteiger partial charge is 0.156 e. The number of ketones is 1. The van der Waals surface area contributed by atoms with Crippen LogP contribution < -0.4 is 5.32 Å². The van der Waals surface area contributed by atoms with Gasteiger partial charge >= 0.3 is 0 Å². The summed E-state index contributed by atoms with van der Waals surface area (Å²) >= 11 is 5.88. The van der Waals surface area contributed by atoms with E-state index in [0.717, 1.165) is 5.69 Å². The summed E-state index contributed by atoms with van der Waals surface area (Å²) in [7, 11) is 0. The Morgan fingerprint density at radius 2 is 1.89 bits per heavy atom. The number of Topliss-reactive ketones (excluding diaryl/α,β-unsaturated/α-hetero) is 1. The van der Waals surface area contributed by atoms with Crippen LogP contribution in [0, 0.1) is 5.82 Å². The Hall–Kier alpha value is -1.87. The van der Waals surface area contributed by atoms with E-state index in [1.165, 1.54) is 18.2 Å². The van der Waals surface area contributed by atoms with Gasteiger partial charge < -0.3 is 5.32 Å². The second-order valence-corrected chi connectivity index (χ2v) is 4.58. The Balaban J connectivity index is 1.91. The average molecular weight is 278 g/mol. The molecule has 19 heavy (non-hydrogen) atoms. The van der Waals surface area contributed by atoms with E-state index in [0.29, 0.717) is 5.56 Å². The minimum atomic E-state index is -0.399. The van der Waals surface area contributed by atoms with E-state index >= 15 is 0 Å². The fraction of sp³-hybridized carbons (Fsp3) is 0.133. The van der Waals surface area contributed by atoms with Crippen molar-refractivity contribution in [3.63, 3.8) is 0 Å². The number of carbonyl (C=O) groups is 1. The molecule has 0 saturated carbocycles. The molecule has 2 nitrogen and oxygen atoms in total. The zero-order valence-corrected chi connectivity index (χ0v) is 11.0. The first-order valence-corrected chi connectivity index (χ1v) is 6.27. The zero-order chi connectivity index (χ0) is 13.7. The number of anilines is 1. The van der Waals surface area contributed by atoms with Crippen molar-refractivity contribution in [1.82, 2.24) is 0 Å². The maximum absolute atomic E-state index is 12.9. The van der Waals surface area contributed by atoms with E-state index in [4.69, 9.17) is 11.6 Å². The molecule has 0 bridgehead atoms. The highest BCUT2D eigenvalue weighted by molar-refractivity contribution is 6.31. The first-order valence-electron chi connectivity index (χ1n) is 5.90. The number of benzene rings is 2. The molecule has 2 aromatic rings. The zero-order valence-electron chi connectivity index (χ0n) is 10.2. The summed E-state index contributed by atoms with van der Waals surface area (Å²) in [4.78, 5) is 11.8. The minimum absolute atomic E-state index is 0.00244. The van der Waals surface area contributed by atoms with E-state index in [1.807, 2.05) is 30.3 Å². The molecule has 0 aliphatic carbocycles. The van der Waals surface area contributed by atoms with Gasteiger partial charge in [0.25, 0.3) is 0 Å². The highest BCUT2D eigenvalue weighted by atomic mass is 35.5. The molecular weight excluding hydrogens is 265 g/mol. The highest BCUT2D eigenvalue weighted by Crippen LogP contribution is 2.18. The summed E-state index contributed by atoms with van der Waals surface area (Å²) in [6.07, 6.45) is 0.193. The van der Waals surface area contributed by atoms with Crippen LogP contribution in [0.3, 0.4) is 0 Å². The van der Waals surface area contributed by atoms with Crippen molar-refractivity contribution >= 4 is 23.1 Å². The van der Waals surface area contributed by atoms with Crippen molar-refractivity contribution in [1.29, 1.82) is 0 Å². The average Bonchev–Trinajstić information content (AvgIpc) is 2.41. The number of rotatable bonds is 5. The first-order chi connectivity index (χ1) is 9.15. The van der Waals surface area contributed by atoms with Gasteiger partial charge in [-0.1, -0.05) is 35.9 Å². The molecule has 0 aliphatic heterocycles. The van der Waals surface area contributed by atoms with Gasteiger partial charge in [-0.05, 0) is 29.8 Å². The van der Waals surface area contributed by atoms with Gasteiger partial charge in [0.05, 0.1) is 6.54 Å². The predicted molar refractivity (Wildman–Crippen MR) is 75.1 cm³/mol. The molecule has 0 heterocycles. The number of carbonyl (C=O) groups excluding carboxylic acids is 1. The molecule has 0 saturated heterocycles. The lowest BCUT2D eigenvalue weighted by Gasteiger charge is -2.06. The van der Waals surface area contributed by atoms with Crippen molar-refractivity contribution in [2.24, 2.45) is 0 Å². The van der Waals surface area contributed by atoms with Crippen LogP contribution in [0.25, 0.3) is 0 Å². The van der Waals surface area contributed by atoms with Crippen LogP contribution in [0.5, 0.6) is 0 Å². The molecule has 0 spiro atoms. The SMILES string of the molecule is O=C(CNc1ccccc1)Cc1ccc(F)cc1Cl. The molecule has 1 N–H and O–H groups in total. The lowest BCUT2D eigenvalue weighted by atomic mass is 10.1. The van der Waals surface area contributed by atoms with Gasteiger partial charge in [-0.15, -0.1) is 0 Å². The van der Waals surface area contributed by atoms with Gasteiger partial charge in [-0.25, -0.2) is 4.39 Å². The Morgan fingerprint density at radius 3 is 2.58 bits per heavy atom. The molecule has 2 aromatic carbocycles. The number of hydrogen-bond acceptors (Lipinski definition) is 2. The fourth-order valence-corrected chi connectivity index (χ4v) is 1.93. The van der Waals surface area contributed by atoms with E-state index in [1.54, 1.807) is 0 Å². The van der Waals surface area contributed by atoms with Gasteiger partial charge in [-0.2, -0.15) is 0 Å². The van der Waals surface area contributed by atoms with Crippen LogP contribution in [-0.4, -0.2) is 12.3 Å². The van der Waals surface area contributed by atoms with Crippen LogP contribution in [0.15, 0.2) is 48.5 Å². The largest absolute Gasteiger partial charge is 0.378 e. The lowest BCUT2D eigenvalue weighted by Crippen LogP contribution is -2.16. The summed E-state index contributed by atoms with van der Waals surface area (Å²) < 4.78 is 12.9. The van der Waals surface area contributed by atoms with E-state index in [-0.39, 0.29) is 23.8 Å². The predicted octanol–water partition coefficient (Wildman–Crippen LogP) is 3.70. The molecule has 0 aromatic heterocycles. The number of halogens is 2. The van der Waals surface area contributed by atoms with Gasteiger partial charge in [0.15, 0.2) is 5.78 Å². The first kappa shape index (κ1) is 13.6. The van der Waals surface area contributed by atoms with Crippen LogP contribution in [0.2, 0.25) is 5.02 Å². The number of para-hydroxylation sites is 1. The maximum Gasteiger partial charge on any atom is 0.156 e. The third-order valence-electron chi connectivity index (χ3n) is 2.67. The van der Waals surface area contributed by atoms with Crippen molar-refractivity contribution in [2.45, 2.75) is 6.42 Å². The fourth-order valence-electron chi connectivity index (χ4n) is 1.70. The molecular formula is C15H13ClFNO. The monoisotopic (exact) mass is 277 g/mol. The van der Waals surface area contributed by atoms with Crippen molar-refractivity contribution < 1.29 is 9.18 Å². The van der Waals surface area contributed by atoms with Gasteiger partial charge in [0, 0.05) is 17.1 Å². The second kappa shape index (κ2) is 6.34. The molecule has 98 valence electrons. The van der Waals surface area contributed by atoms with Gasteiger partial charge in [0.2, 0.25) is 0 Å². The normalized spacial score (nSPS) is 10.2. The molecule has 2 rings (SSSR count). The highest BCUT2D eigenvalue weighted by Gasteiger charge is 2.08. The van der Waals surface area contributed by atoms with Crippen molar-refractivity contribution in [3.8, 4) is 0 Å². The molecule has 0 unspecified atom stereocenters. The lowest BCUT2D eigenvalue weighted by molar-refractivity contribution is -0.116. The van der Waals surface area contributed by atoms with E-state index in [2.05, 4.69) is 5.32 Å². The van der Waals surface area contributed by atoms with Crippen molar-refractivity contribution in [3.05, 3.63) is 64.9 Å². The molecule has 0 radical (unpaired) electrons. The second-order valence-electron chi connectivity index (χ2n) is 4.17. The summed E-state index contributed by atoms with van der Waals surface area (Å²) in [6, 6.07) is 13.5. The quantitative estimate of drug-likeness (QED) is 0.903. The molecule has 0 atom stereocenters. The minimum Gasteiger partial charge on any atom is -0.378 e. The molecule has 4 heteroatoms. The molecule has 0 aliphatic rings. The van der Waals surface area contributed by atoms with Crippen LogP contribution in [-0.2, 0) is 11.2 Å². The standard InChI is InChI=1S/C15H13ClFNO/c16-15-9-12(17)7-6-11(15)8-14(19)10-18-13-4-2-1-3-5-13/h1-7,9,18H,8,10H2. The van der Waals surface area contributed by atoms with Gasteiger partial charge in [-0.3, -0.25) is 4.79 Å². The summed E-state index contributed by atoms with van der Waals surface area (Å²) in [5.74, 6) is -0.402. The van der Waals surface area contributed by atoms with Crippen LogP contribution >= 0.6 is 11.6 Å². The summed E-state index contributed by atoms with van der Waals surface area (Å²) in [5, 5.41) is 3.31. The van der Waals surface area contributed by atoms with E-state index in [9.17, 15) is 9.18 Å². The maximum atomic E-state index is 12.9. The Kier molecular flexibility index (Phi) is 4.53. The molecule has 0 amide bonds. The van der Waals surface area contributed by atoms with E-state index < -0.39 is 5.82 Å². The third kappa shape index (κ3) is 4.07. The van der Waals surface area contributed by atoms with Crippen LogP contribution in [0.1, 0.15) is 5.56 Å². The summed E-state index contributed by atoms with van der Waals surface area (Å²) in [5.41, 5.74) is 1.53. The Bertz CT molecular complexity index is 572. The Labute approximate surface area is 116 Å². The number of hydrogen-bond donors (Lipinski definition) is 1.